The van der Waals surface area contributed by atoms with Crippen LogP contribution in [0, 0.1) is 0 Å². The van der Waals surface area contributed by atoms with Gasteiger partial charge >= 0.3 is 6.03 Å². The number of carbonyl (C=O) groups is 3. The van der Waals surface area contributed by atoms with Gasteiger partial charge in [0.15, 0.2) is 0 Å². The summed E-state index contributed by atoms with van der Waals surface area (Å²) in [6.45, 7) is 0.450. The van der Waals surface area contributed by atoms with Gasteiger partial charge in [0.05, 0.1) is 25.5 Å². The summed E-state index contributed by atoms with van der Waals surface area (Å²) >= 11 is 0. The zero-order chi connectivity index (χ0) is 16.9. The van der Waals surface area contributed by atoms with Gasteiger partial charge in [-0.2, -0.15) is 0 Å². The number of hydrogen-bond donors (Lipinski definition) is 2. The Balaban J connectivity index is 1.47. The Bertz CT molecular complexity index is 708. The molecular formula is C16H17N3O5. The summed E-state index contributed by atoms with van der Waals surface area (Å²) in [5, 5.41) is 5.22. The second-order valence-electron chi connectivity index (χ2n) is 5.39. The van der Waals surface area contributed by atoms with Crippen LogP contribution >= 0.6 is 0 Å². The maximum atomic E-state index is 12.2. The van der Waals surface area contributed by atoms with Crippen LogP contribution in [0.15, 0.2) is 45.6 Å². The second kappa shape index (κ2) is 7.03. The minimum atomic E-state index is -0.851. The van der Waals surface area contributed by atoms with Gasteiger partial charge in [0.1, 0.15) is 17.6 Å². The van der Waals surface area contributed by atoms with Crippen molar-refractivity contribution in [2.75, 3.05) is 6.54 Å². The van der Waals surface area contributed by atoms with Crippen LogP contribution in [0.25, 0.3) is 0 Å². The van der Waals surface area contributed by atoms with E-state index in [1.165, 1.54) is 6.26 Å². The van der Waals surface area contributed by atoms with E-state index in [4.69, 9.17) is 8.83 Å². The summed E-state index contributed by atoms with van der Waals surface area (Å²) < 4.78 is 10.3. The molecule has 24 heavy (non-hydrogen) atoms. The van der Waals surface area contributed by atoms with Crippen LogP contribution in [-0.2, 0) is 22.6 Å². The molecule has 8 nitrogen and oxygen atoms in total. The van der Waals surface area contributed by atoms with Crippen molar-refractivity contribution in [2.24, 2.45) is 0 Å². The molecule has 0 aromatic carbocycles. The molecule has 0 radical (unpaired) electrons. The molecule has 1 atom stereocenters. The molecular weight excluding hydrogens is 314 g/mol. The largest absolute Gasteiger partial charge is 0.469 e. The van der Waals surface area contributed by atoms with Crippen LogP contribution in [0.2, 0.25) is 0 Å². The molecule has 2 aromatic rings. The van der Waals surface area contributed by atoms with E-state index in [0.29, 0.717) is 18.7 Å². The van der Waals surface area contributed by atoms with Gasteiger partial charge < -0.3 is 19.5 Å². The molecule has 0 spiro atoms. The smallest absolute Gasteiger partial charge is 0.325 e. The molecule has 3 rings (SSSR count). The molecule has 0 unspecified atom stereocenters. The highest BCUT2D eigenvalue weighted by atomic mass is 16.3. The van der Waals surface area contributed by atoms with Crippen molar-refractivity contribution < 1.29 is 23.2 Å². The first-order valence-electron chi connectivity index (χ1n) is 7.57. The number of imide groups is 1. The van der Waals surface area contributed by atoms with Gasteiger partial charge in [0, 0.05) is 13.0 Å². The van der Waals surface area contributed by atoms with Gasteiger partial charge in [-0.25, -0.2) is 4.79 Å². The quantitative estimate of drug-likeness (QED) is 0.738. The normalized spacial score (nSPS) is 17.2. The van der Waals surface area contributed by atoms with Gasteiger partial charge in [-0.05, 0) is 24.3 Å². The van der Waals surface area contributed by atoms with E-state index in [-0.39, 0.29) is 18.9 Å². The lowest BCUT2D eigenvalue weighted by molar-refractivity contribution is -0.131. The van der Waals surface area contributed by atoms with E-state index in [1.54, 1.807) is 24.5 Å². The third-order valence-corrected chi connectivity index (χ3v) is 3.66. The fraction of sp³-hybridized carbons (Fsp3) is 0.312. The molecule has 0 bridgehead atoms. The average molecular weight is 331 g/mol. The van der Waals surface area contributed by atoms with Gasteiger partial charge in [-0.3, -0.25) is 14.5 Å². The van der Waals surface area contributed by atoms with Crippen molar-refractivity contribution in [3.05, 3.63) is 48.3 Å². The molecule has 1 aliphatic rings. The molecule has 1 aliphatic heterocycles. The molecule has 1 fully saturated rings. The summed E-state index contributed by atoms with van der Waals surface area (Å²) in [6, 6.07) is 5.57. The van der Waals surface area contributed by atoms with Crippen LogP contribution in [0.5, 0.6) is 0 Å². The molecule has 1 saturated heterocycles. The Labute approximate surface area is 137 Å². The summed E-state index contributed by atoms with van der Waals surface area (Å²) in [4.78, 5) is 37.1. The van der Waals surface area contributed by atoms with E-state index in [1.807, 2.05) is 6.07 Å². The fourth-order valence-corrected chi connectivity index (χ4v) is 2.46. The molecule has 3 heterocycles. The van der Waals surface area contributed by atoms with E-state index in [9.17, 15) is 14.4 Å². The first kappa shape index (κ1) is 15.9. The van der Waals surface area contributed by atoms with E-state index in [2.05, 4.69) is 10.6 Å². The van der Waals surface area contributed by atoms with Gasteiger partial charge in [-0.1, -0.05) is 0 Å². The Morgan fingerprint density at radius 3 is 2.54 bits per heavy atom. The Kier molecular flexibility index (Phi) is 4.64. The molecule has 126 valence electrons. The average Bonchev–Trinajstić information content (AvgIpc) is 3.28. The maximum absolute atomic E-state index is 12.2. The molecule has 8 heteroatoms. The number of urea groups is 1. The first-order chi connectivity index (χ1) is 11.6. The standard InChI is InChI=1S/C16H17N3O5/c20-14(17-6-5-11-3-1-7-23-11)9-13-15(21)19(16(22)18-13)10-12-4-2-8-24-12/h1-4,7-8,13H,5-6,9-10H2,(H,17,20)(H,18,22)/t13-/m1/s1. The van der Waals surface area contributed by atoms with Crippen molar-refractivity contribution in [1.82, 2.24) is 15.5 Å². The predicted molar refractivity (Wildman–Crippen MR) is 81.6 cm³/mol. The predicted octanol–water partition coefficient (Wildman–Crippen LogP) is 1.04. The van der Waals surface area contributed by atoms with Crippen molar-refractivity contribution in [1.29, 1.82) is 0 Å². The monoisotopic (exact) mass is 331 g/mol. The van der Waals surface area contributed by atoms with Crippen molar-refractivity contribution in [3.8, 4) is 0 Å². The molecule has 0 aliphatic carbocycles. The van der Waals surface area contributed by atoms with E-state index in [0.717, 1.165) is 10.7 Å². The van der Waals surface area contributed by atoms with Crippen molar-refractivity contribution in [3.63, 3.8) is 0 Å². The molecule has 0 saturated carbocycles. The number of rotatable bonds is 7. The summed E-state index contributed by atoms with van der Waals surface area (Å²) in [7, 11) is 0. The van der Waals surface area contributed by atoms with Crippen molar-refractivity contribution >= 4 is 17.8 Å². The highest BCUT2D eigenvalue weighted by Gasteiger charge is 2.39. The zero-order valence-electron chi connectivity index (χ0n) is 12.9. The van der Waals surface area contributed by atoms with Crippen LogP contribution < -0.4 is 10.6 Å². The van der Waals surface area contributed by atoms with Crippen molar-refractivity contribution in [2.45, 2.75) is 25.4 Å². The number of hydrogen-bond acceptors (Lipinski definition) is 5. The topological polar surface area (TPSA) is 105 Å². The lowest BCUT2D eigenvalue weighted by Crippen LogP contribution is -2.37. The SMILES string of the molecule is O=C(C[C@H]1NC(=O)N(Cc2ccco2)C1=O)NCCc1ccco1. The number of nitrogens with zero attached hydrogens (tertiary/aromatic N) is 1. The zero-order valence-corrected chi connectivity index (χ0v) is 12.9. The Morgan fingerprint density at radius 2 is 1.88 bits per heavy atom. The summed E-state index contributed by atoms with van der Waals surface area (Å²) in [6.07, 6.45) is 3.50. The third kappa shape index (κ3) is 3.65. The third-order valence-electron chi connectivity index (χ3n) is 3.66. The van der Waals surface area contributed by atoms with Gasteiger partial charge in [-0.15, -0.1) is 0 Å². The van der Waals surface area contributed by atoms with Crippen LogP contribution in [-0.4, -0.2) is 35.3 Å². The van der Waals surface area contributed by atoms with Crippen LogP contribution in [0.3, 0.4) is 0 Å². The number of nitrogens with one attached hydrogen (secondary N) is 2. The second-order valence-corrected chi connectivity index (χ2v) is 5.39. The Morgan fingerprint density at radius 1 is 1.17 bits per heavy atom. The Hall–Kier alpha value is -3.03. The lowest BCUT2D eigenvalue weighted by Gasteiger charge is -2.11. The van der Waals surface area contributed by atoms with E-state index >= 15 is 0 Å². The highest BCUT2D eigenvalue weighted by molar-refractivity contribution is 6.05. The van der Waals surface area contributed by atoms with Gasteiger partial charge in [0.2, 0.25) is 5.91 Å². The minimum absolute atomic E-state index is 0.0499. The lowest BCUT2D eigenvalue weighted by atomic mass is 10.2. The van der Waals surface area contributed by atoms with Crippen LogP contribution in [0.1, 0.15) is 17.9 Å². The number of furan rings is 2. The summed E-state index contributed by atoms with van der Waals surface area (Å²) in [5.74, 6) is 0.532. The fourth-order valence-electron chi connectivity index (χ4n) is 2.46. The number of carbonyl (C=O) groups excluding carboxylic acids is 3. The molecule has 2 N–H and O–H groups in total. The maximum Gasteiger partial charge on any atom is 0.325 e. The van der Waals surface area contributed by atoms with Crippen LogP contribution in [0.4, 0.5) is 4.79 Å². The number of amides is 4. The highest BCUT2D eigenvalue weighted by Crippen LogP contribution is 2.14. The summed E-state index contributed by atoms with van der Waals surface area (Å²) in [5.41, 5.74) is 0. The molecule has 4 amide bonds. The molecule has 2 aromatic heterocycles. The minimum Gasteiger partial charge on any atom is -0.469 e. The van der Waals surface area contributed by atoms with Gasteiger partial charge in [0.25, 0.3) is 5.91 Å². The van der Waals surface area contributed by atoms with E-state index < -0.39 is 18.0 Å². The first-order valence-corrected chi connectivity index (χ1v) is 7.57.